The monoisotopic (exact) mass is 283 g/mol. The maximum Gasteiger partial charge on any atom is 0.309 e. The van der Waals surface area contributed by atoms with Gasteiger partial charge in [0.1, 0.15) is 0 Å². The number of benzene rings is 1. The molecule has 0 bridgehead atoms. The van der Waals surface area contributed by atoms with Crippen molar-refractivity contribution < 1.29 is 9.90 Å². The van der Waals surface area contributed by atoms with Gasteiger partial charge in [-0.05, 0) is 24.6 Å². The molecule has 0 radical (unpaired) electrons. The molecule has 1 fully saturated rings. The molecule has 0 aliphatic carbocycles. The number of hydrogen-bond donors (Lipinski definition) is 1. The van der Waals surface area contributed by atoms with Crippen molar-refractivity contribution in [2.75, 3.05) is 13.1 Å². The molecule has 3 nitrogen and oxygen atoms in total. The predicted molar refractivity (Wildman–Crippen MR) is 65.3 cm³/mol. The Hall–Kier alpha value is -0.870. The molecular weight excluding hydrogens is 270 g/mol. The van der Waals surface area contributed by atoms with Gasteiger partial charge in [0.15, 0.2) is 0 Å². The van der Waals surface area contributed by atoms with Crippen LogP contribution in [0.4, 0.5) is 0 Å². The molecule has 1 atom stereocenters. The highest BCUT2D eigenvalue weighted by atomic mass is 79.9. The number of aliphatic carboxylic acids is 1. The van der Waals surface area contributed by atoms with E-state index in [2.05, 4.69) is 39.9 Å². The number of carbonyl (C=O) groups is 1. The van der Waals surface area contributed by atoms with Crippen molar-refractivity contribution in [1.82, 2.24) is 4.90 Å². The standard InChI is InChI=1S/C12H14BrNO2/c1-8(9-2-4-11(13)5-3-9)14-6-10(7-14)12(15)16/h2-5,8,10H,6-7H2,1H3,(H,15,16). The van der Waals surface area contributed by atoms with Crippen LogP contribution in [0.3, 0.4) is 0 Å². The van der Waals surface area contributed by atoms with Crippen LogP contribution in [0.1, 0.15) is 18.5 Å². The number of carboxylic acids is 1. The van der Waals surface area contributed by atoms with Gasteiger partial charge in [0.05, 0.1) is 5.92 Å². The first kappa shape index (κ1) is 11.6. The average Bonchev–Trinajstić information content (AvgIpc) is 2.15. The van der Waals surface area contributed by atoms with Crippen LogP contribution in [0.15, 0.2) is 28.7 Å². The second kappa shape index (κ2) is 4.55. The third kappa shape index (κ3) is 2.28. The van der Waals surface area contributed by atoms with Crippen molar-refractivity contribution in [1.29, 1.82) is 0 Å². The van der Waals surface area contributed by atoms with Crippen molar-refractivity contribution in [3.05, 3.63) is 34.3 Å². The Labute approximate surface area is 103 Å². The number of carboxylic acid groups (broad SMARTS) is 1. The van der Waals surface area contributed by atoms with Crippen molar-refractivity contribution >= 4 is 21.9 Å². The van der Waals surface area contributed by atoms with Crippen molar-refractivity contribution in [3.63, 3.8) is 0 Å². The molecule has 0 aromatic heterocycles. The highest BCUT2D eigenvalue weighted by molar-refractivity contribution is 9.10. The van der Waals surface area contributed by atoms with Crippen LogP contribution in [0.2, 0.25) is 0 Å². The number of likely N-dealkylation sites (tertiary alicyclic amines) is 1. The van der Waals surface area contributed by atoms with E-state index in [0.29, 0.717) is 19.1 Å². The van der Waals surface area contributed by atoms with Gasteiger partial charge in [0.2, 0.25) is 0 Å². The Balaban J connectivity index is 1.97. The van der Waals surface area contributed by atoms with E-state index in [-0.39, 0.29) is 5.92 Å². The van der Waals surface area contributed by atoms with Crippen molar-refractivity contribution in [2.24, 2.45) is 5.92 Å². The van der Waals surface area contributed by atoms with E-state index in [0.717, 1.165) is 4.47 Å². The third-order valence-corrected chi connectivity index (χ3v) is 3.69. The molecule has 0 amide bonds. The van der Waals surface area contributed by atoms with Gasteiger partial charge in [-0.3, -0.25) is 9.69 Å². The summed E-state index contributed by atoms with van der Waals surface area (Å²) in [4.78, 5) is 12.9. The number of halogens is 1. The first-order valence-corrected chi connectivity index (χ1v) is 6.09. The maximum absolute atomic E-state index is 10.7. The molecule has 2 rings (SSSR count). The van der Waals surface area contributed by atoms with Gasteiger partial charge in [-0.25, -0.2) is 0 Å². The summed E-state index contributed by atoms with van der Waals surface area (Å²) in [5.41, 5.74) is 1.23. The molecule has 1 aromatic carbocycles. The summed E-state index contributed by atoms with van der Waals surface area (Å²) in [5, 5.41) is 8.81. The van der Waals surface area contributed by atoms with E-state index in [9.17, 15) is 4.79 Å². The minimum atomic E-state index is -0.681. The molecule has 1 aliphatic rings. The second-order valence-corrected chi connectivity index (χ2v) is 5.13. The van der Waals surface area contributed by atoms with E-state index < -0.39 is 5.97 Å². The summed E-state index contributed by atoms with van der Waals surface area (Å²) >= 11 is 3.40. The molecule has 0 saturated carbocycles. The normalized spacial score (nSPS) is 19.1. The van der Waals surface area contributed by atoms with Gasteiger partial charge in [-0.2, -0.15) is 0 Å². The van der Waals surface area contributed by atoms with Crippen molar-refractivity contribution in [2.45, 2.75) is 13.0 Å². The predicted octanol–water partition coefficient (Wildman–Crippen LogP) is 2.53. The summed E-state index contributed by atoms with van der Waals surface area (Å²) in [5.74, 6) is -0.864. The molecule has 1 saturated heterocycles. The van der Waals surface area contributed by atoms with Crippen LogP contribution >= 0.6 is 15.9 Å². The molecule has 4 heteroatoms. The Morgan fingerprint density at radius 3 is 2.50 bits per heavy atom. The Morgan fingerprint density at radius 2 is 2.00 bits per heavy atom. The summed E-state index contributed by atoms with van der Waals surface area (Å²) in [6.07, 6.45) is 0. The van der Waals surface area contributed by atoms with Gasteiger partial charge in [0, 0.05) is 23.6 Å². The number of hydrogen-bond acceptors (Lipinski definition) is 2. The lowest BCUT2D eigenvalue weighted by molar-refractivity contribution is -0.148. The molecule has 1 aliphatic heterocycles. The smallest absolute Gasteiger partial charge is 0.309 e. The van der Waals surface area contributed by atoms with Gasteiger partial charge in [-0.15, -0.1) is 0 Å². The minimum absolute atomic E-state index is 0.183. The molecule has 1 aromatic rings. The highest BCUT2D eigenvalue weighted by Gasteiger charge is 2.35. The SMILES string of the molecule is CC(c1ccc(Br)cc1)N1CC(C(=O)O)C1. The Bertz CT molecular complexity index is 385. The highest BCUT2D eigenvalue weighted by Crippen LogP contribution is 2.29. The van der Waals surface area contributed by atoms with Crippen molar-refractivity contribution in [3.8, 4) is 0 Å². The summed E-state index contributed by atoms with van der Waals surface area (Å²) < 4.78 is 1.07. The first-order chi connectivity index (χ1) is 7.58. The summed E-state index contributed by atoms with van der Waals surface area (Å²) in [6.45, 7) is 3.43. The Morgan fingerprint density at radius 1 is 1.44 bits per heavy atom. The Kier molecular flexibility index (Phi) is 3.30. The number of rotatable bonds is 3. The summed E-state index contributed by atoms with van der Waals surface area (Å²) in [6, 6.07) is 8.47. The van der Waals surface area contributed by atoms with Crippen LogP contribution in [0.25, 0.3) is 0 Å². The van der Waals surface area contributed by atoms with Gasteiger partial charge >= 0.3 is 5.97 Å². The lowest BCUT2D eigenvalue weighted by Gasteiger charge is -2.41. The lowest BCUT2D eigenvalue weighted by Crippen LogP contribution is -2.51. The van der Waals surface area contributed by atoms with Crippen LogP contribution in [0.5, 0.6) is 0 Å². The zero-order valence-corrected chi connectivity index (χ0v) is 10.6. The van der Waals surface area contributed by atoms with E-state index in [4.69, 9.17) is 5.11 Å². The van der Waals surface area contributed by atoms with Crippen LogP contribution in [0, 0.1) is 5.92 Å². The fourth-order valence-electron chi connectivity index (χ4n) is 1.94. The zero-order chi connectivity index (χ0) is 11.7. The topological polar surface area (TPSA) is 40.5 Å². The van der Waals surface area contributed by atoms with Crippen LogP contribution < -0.4 is 0 Å². The van der Waals surface area contributed by atoms with Crippen LogP contribution in [-0.2, 0) is 4.79 Å². The largest absolute Gasteiger partial charge is 0.481 e. The van der Waals surface area contributed by atoms with Gasteiger partial charge in [-0.1, -0.05) is 28.1 Å². The average molecular weight is 284 g/mol. The summed E-state index contributed by atoms with van der Waals surface area (Å²) in [7, 11) is 0. The van der Waals surface area contributed by atoms with E-state index in [1.165, 1.54) is 5.56 Å². The third-order valence-electron chi connectivity index (χ3n) is 3.16. The van der Waals surface area contributed by atoms with E-state index in [1.54, 1.807) is 0 Å². The molecule has 1 unspecified atom stereocenters. The molecule has 1 N–H and O–H groups in total. The molecule has 0 spiro atoms. The second-order valence-electron chi connectivity index (χ2n) is 4.22. The van der Waals surface area contributed by atoms with E-state index >= 15 is 0 Å². The number of nitrogens with zero attached hydrogens (tertiary/aromatic N) is 1. The van der Waals surface area contributed by atoms with Crippen LogP contribution in [-0.4, -0.2) is 29.1 Å². The fraction of sp³-hybridized carbons (Fsp3) is 0.417. The minimum Gasteiger partial charge on any atom is -0.481 e. The fourth-order valence-corrected chi connectivity index (χ4v) is 2.20. The van der Waals surface area contributed by atoms with Gasteiger partial charge < -0.3 is 5.11 Å². The molecule has 1 heterocycles. The molecular formula is C12H14BrNO2. The zero-order valence-electron chi connectivity index (χ0n) is 9.06. The maximum atomic E-state index is 10.7. The molecule has 16 heavy (non-hydrogen) atoms. The van der Waals surface area contributed by atoms with E-state index in [1.807, 2.05) is 12.1 Å². The lowest BCUT2D eigenvalue weighted by atomic mass is 9.95. The van der Waals surface area contributed by atoms with Gasteiger partial charge in [0.25, 0.3) is 0 Å². The first-order valence-electron chi connectivity index (χ1n) is 5.30. The quantitative estimate of drug-likeness (QED) is 0.927. The molecule has 86 valence electrons.